The number of hydrogen-bond donors (Lipinski definition) is 0. The van der Waals surface area contributed by atoms with E-state index in [1.807, 2.05) is 6.92 Å². The predicted molar refractivity (Wildman–Crippen MR) is 105 cm³/mol. The highest BCUT2D eigenvalue weighted by Crippen LogP contribution is 2.35. The topological polar surface area (TPSA) is 75.8 Å². The third-order valence-electron chi connectivity index (χ3n) is 3.73. The van der Waals surface area contributed by atoms with Crippen LogP contribution in [0.2, 0.25) is 5.02 Å². The van der Waals surface area contributed by atoms with Crippen LogP contribution < -0.4 is 0 Å². The van der Waals surface area contributed by atoms with Crippen molar-refractivity contribution < 1.29 is 14.1 Å². The molecule has 1 amide bonds. The van der Waals surface area contributed by atoms with Gasteiger partial charge < -0.3 is 0 Å². The molecule has 9 heteroatoms. The van der Waals surface area contributed by atoms with Gasteiger partial charge in [-0.15, -0.1) is 0 Å². The zero-order valence-electron chi connectivity index (χ0n) is 14.1. The van der Waals surface area contributed by atoms with Crippen LogP contribution >= 0.6 is 23.4 Å². The molecule has 1 fully saturated rings. The van der Waals surface area contributed by atoms with Gasteiger partial charge in [-0.25, -0.2) is 9.38 Å². The van der Waals surface area contributed by atoms with E-state index >= 15 is 0 Å². The summed E-state index contributed by atoms with van der Waals surface area (Å²) in [7, 11) is 0. The maximum atomic E-state index is 13.0. The molecular formula is C18H13ClFN3O3S. The molecular weight excluding hydrogens is 393 g/mol. The highest BCUT2D eigenvalue weighted by atomic mass is 35.5. The minimum atomic E-state index is -0.526. The standard InChI is InChI=1S/C18H13ClFN3O3S/c1-2-22-17(24)16(10-11-9-14(23(25)26)7-8-15(11)19)27-18(22)21-13-5-3-12(20)4-6-13/h3-10H,2H2,1H3/b16-10+,21-18?. The highest BCUT2D eigenvalue weighted by Gasteiger charge is 2.32. The summed E-state index contributed by atoms with van der Waals surface area (Å²) in [6, 6.07) is 9.64. The number of halogens is 2. The van der Waals surface area contributed by atoms with Crippen molar-refractivity contribution in [3.8, 4) is 0 Å². The molecule has 0 spiro atoms. The number of carbonyl (C=O) groups excluding carboxylic acids is 1. The first kappa shape index (κ1) is 19.1. The lowest BCUT2D eigenvalue weighted by atomic mass is 10.2. The molecule has 1 aliphatic heterocycles. The van der Waals surface area contributed by atoms with Crippen LogP contribution in [-0.2, 0) is 4.79 Å². The third kappa shape index (κ3) is 4.17. The smallest absolute Gasteiger partial charge is 0.270 e. The van der Waals surface area contributed by atoms with Crippen molar-refractivity contribution in [3.05, 3.63) is 73.9 Å². The van der Waals surface area contributed by atoms with Crippen LogP contribution in [0.25, 0.3) is 6.08 Å². The van der Waals surface area contributed by atoms with Crippen molar-refractivity contribution in [1.82, 2.24) is 4.90 Å². The number of hydrogen-bond acceptors (Lipinski definition) is 5. The number of amidine groups is 1. The molecule has 0 N–H and O–H groups in total. The van der Waals surface area contributed by atoms with Gasteiger partial charge in [-0.1, -0.05) is 11.6 Å². The van der Waals surface area contributed by atoms with E-state index in [9.17, 15) is 19.3 Å². The van der Waals surface area contributed by atoms with Crippen molar-refractivity contribution in [3.63, 3.8) is 0 Å². The maximum absolute atomic E-state index is 13.0. The van der Waals surface area contributed by atoms with Crippen molar-refractivity contribution in [2.24, 2.45) is 4.99 Å². The fourth-order valence-electron chi connectivity index (χ4n) is 2.39. The molecule has 0 saturated carbocycles. The average molecular weight is 406 g/mol. The van der Waals surface area contributed by atoms with Gasteiger partial charge in [0.15, 0.2) is 5.17 Å². The van der Waals surface area contributed by atoms with Crippen LogP contribution in [0, 0.1) is 15.9 Å². The number of aliphatic imine (C=N–C) groups is 1. The first-order valence-electron chi connectivity index (χ1n) is 7.88. The number of non-ortho nitro benzene ring substituents is 1. The van der Waals surface area contributed by atoms with Gasteiger partial charge in [0.05, 0.1) is 15.5 Å². The molecule has 0 aromatic heterocycles. The largest absolute Gasteiger partial charge is 0.287 e. The second-order valence-electron chi connectivity index (χ2n) is 5.49. The Kier molecular flexibility index (Phi) is 5.57. The number of likely N-dealkylation sites (N-methyl/N-ethyl adjacent to an activating group) is 1. The first-order valence-corrected chi connectivity index (χ1v) is 9.08. The molecule has 2 aromatic carbocycles. The highest BCUT2D eigenvalue weighted by molar-refractivity contribution is 8.18. The van der Waals surface area contributed by atoms with Crippen LogP contribution in [0.5, 0.6) is 0 Å². The van der Waals surface area contributed by atoms with Gasteiger partial charge in [0.2, 0.25) is 0 Å². The molecule has 0 unspecified atom stereocenters. The van der Waals surface area contributed by atoms with Gasteiger partial charge in [0.25, 0.3) is 11.6 Å². The molecule has 2 aromatic rings. The molecule has 0 aliphatic carbocycles. The zero-order chi connectivity index (χ0) is 19.6. The van der Waals surface area contributed by atoms with Crippen molar-refractivity contribution in [2.75, 3.05) is 6.54 Å². The minimum Gasteiger partial charge on any atom is -0.287 e. The Morgan fingerprint density at radius 2 is 2.00 bits per heavy atom. The normalized spacial score (nSPS) is 17.1. The Bertz CT molecular complexity index is 976. The number of carbonyl (C=O) groups is 1. The van der Waals surface area contributed by atoms with E-state index in [0.29, 0.717) is 32.9 Å². The van der Waals surface area contributed by atoms with E-state index in [0.717, 1.165) is 11.8 Å². The lowest BCUT2D eigenvalue weighted by Gasteiger charge is -2.11. The Labute approximate surface area is 163 Å². The molecule has 27 heavy (non-hydrogen) atoms. The summed E-state index contributed by atoms with van der Waals surface area (Å²) >= 11 is 7.24. The monoisotopic (exact) mass is 405 g/mol. The number of thioether (sulfide) groups is 1. The predicted octanol–water partition coefficient (Wildman–Crippen LogP) is 5.01. The summed E-state index contributed by atoms with van der Waals surface area (Å²) in [6.45, 7) is 2.20. The fraction of sp³-hybridized carbons (Fsp3) is 0.111. The van der Waals surface area contributed by atoms with Gasteiger partial charge in [0.1, 0.15) is 5.82 Å². The molecule has 0 radical (unpaired) electrons. The van der Waals surface area contributed by atoms with E-state index < -0.39 is 4.92 Å². The molecule has 1 heterocycles. The van der Waals surface area contributed by atoms with E-state index in [1.165, 1.54) is 53.4 Å². The maximum Gasteiger partial charge on any atom is 0.270 e. The molecule has 3 rings (SSSR count). The number of amides is 1. The van der Waals surface area contributed by atoms with Gasteiger partial charge in [-0.05, 0) is 55.1 Å². The van der Waals surface area contributed by atoms with E-state index in [2.05, 4.69) is 4.99 Å². The summed E-state index contributed by atoms with van der Waals surface area (Å²) in [6.07, 6.45) is 1.51. The summed E-state index contributed by atoms with van der Waals surface area (Å²) in [5.41, 5.74) is 0.773. The molecule has 0 atom stereocenters. The molecule has 138 valence electrons. The quantitative estimate of drug-likeness (QED) is 0.407. The lowest BCUT2D eigenvalue weighted by Crippen LogP contribution is -2.28. The number of nitro benzene ring substituents is 1. The van der Waals surface area contributed by atoms with E-state index in [-0.39, 0.29) is 17.4 Å². The van der Waals surface area contributed by atoms with Crippen LogP contribution in [0.4, 0.5) is 15.8 Å². The van der Waals surface area contributed by atoms with Crippen LogP contribution in [0.1, 0.15) is 12.5 Å². The van der Waals surface area contributed by atoms with Crippen LogP contribution in [-0.4, -0.2) is 27.4 Å². The second kappa shape index (κ2) is 7.89. The Morgan fingerprint density at radius 1 is 1.30 bits per heavy atom. The molecule has 0 bridgehead atoms. The number of nitrogens with zero attached hydrogens (tertiary/aromatic N) is 3. The van der Waals surface area contributed by atoms with Crippen molar-refractivity contribution >= 4 is 51.9 Å². The molecule has 1 aliphatic rings. The SMILES string of the molecule is CCN1C(=O)/C(=C\c2cc([N+](=O)[O-])ccc2Cl)SC1=Nc1ccc(F)cc1. The first-order chi connectivity index (χ1) is 12.9. The number of rotatable bonds is 4. The van der Waals surface area contributed by atoms with E-state index in [1.54, 1.807) is 0 Å². The summed E-state index contributed by atoms with van der Waals surface area (Å²) in [5.74, 6) is -0.645. The van der Waals surface area contributed by atoms with Gasteiger partial charge in [-0.3, -0.25) is 19.8 Å². The lowest BCUT2D eigenvalue weighted by molar-refractivity contribution is -0.384. The van der Waals surface area contributed by atoms with Crippen molar-refractivity contribution in [1.29, 1.82) is 0 Å². The molecule has 6 nitrogen and oxygen atoms in total. The Hall–Kier alpha value is -2.71. The van der Waals surface area contributed by atoms with Gasteiger partial charge in [0, 0.05) is 29.3 Å². The summed E-state index contributed by atoms with van der Waals surface area (Å²) in [4.78, 5) is 29.3. The Morgan fingerprint density at radius 3 is 2.63 bits per heavy atom. The minimum absolute atomic E-state index is 0.116. The van der Waals surface area contributed by atoms with Crippen LogP contribution in [0.3, 0.4) is 0 Å². The Balaban J connectivity index is 1.97. The summed E-state index contributed by atoms with van der Waals surface area (Å²) in [5, 5.41) is 11.7. The van der Waals surface area contributed by atoms with Gasteiger partial charge >= 0.3 is 0 Å². The number of benzene rings is 2. The van der Waals surface area contributed by atoms with E-state index in [4.69, 9.17) is 11.6 Å². The number of nitro groups is 1. The summed E-state index contributed by atoms with van der Waals surface area (Å²) < 4.78 is 13.0. The van der Waals surface area contributed by atoms with Crippen LogP contribution in [0.15, 0.2) is 52.4 Å². The van der Waals surface area contributed by atoms with Gasteiger partial charge in [-0.2, -0.15) is 0 Å². The average Bonchev–Trinajstić information content (AvgIpc) is 2.93. The fourth-order valence-corrected chi connectivity index (χ4v) is 3.62. The zero-order valence-corrected chi connectivity index (χ0v) is 15.6. The third-order valence-corrected chi connectivity index (χ3v) is 5.08. The second-order valence-corrected chi connectivity index (χ2v) is 6.91. The van der Waals surface area contributed by atoms with Crippen molar-refractivity contribution in [2.45, 2.75) is 6.92 Å². The molecule has 1 saturated heterocycles.